The lowest BCUT2D eigenvalue weighted by atomic mass is 10.5. The average molecular weight is 155 g/mol. The number of aliphatic imine (C=N–C) groups is 1. The lowest BCUT2D eigenvalue weighted by molar-refractivity contribution is 0.385. The van der Waals surface area contributed by atoms with Crippen LogP contribution in [0.25, 0.3) is 0 Å². The minimum Gasteiger partial charge on any atom is -0.369 e. The van der Waals surface area contributed by atoms with Gasteiger partial charge in [-0.25, -0.2) is 10.8 Å². The molecule has 0 saturated carbocycles. The molecule has 0 atom stereocenters. The summed E-state index contributed by atoms with van der Waals surface area (Å²) in [5, 5.41) is 3.49. The van der Waals surface area contributed by atoms with E-state index in [1.54, 1.807) is 6.07 Å². The smallest absolute Gasteiger partial charge is 0.203 e. The van der Waals surface area contributed by atoms with E-state index in [0.717, 1.165) is 0 Å². The molecule has 0 aromatic carbocycles. The largest absolute Gasteiger partial charge is 0.369 e. The van der Waals surface area contributed by atoms with Crippen molar-refractivity contribution in [2.75, 3.05) is 0 Å². The molecule has 5 N–H and O–H groups in total. The fourth-order valence-electron chi connectivity index (χ4n) is 0.532. The Kier molecular flexibility index (Phi) is 2.45. The van der Waals surface area contributed by atoms with Gasteiger partial charge < -0.3 is 10.3 Å². The van der Waals surface area contributed by atoms with Crippen molar-refractivity contribution in [3.63, 3.8) is 0 Å². The Morgan fingerprint density at radius 3 is 3.18 bits per heavy atom. The van der Waals surface area contributed by atoms with E-state index in [-0.39, 0.29) is 5.96 Å². The third kappa shape index (κ3) is 2.26. The van der Waals surface area contributed by atoms with E-state index in [2.05, 4.69) is 15.6 Å². The molecule has 11 heavy (non-hydrogen) atoms. The van der Waals surface area contributed by atoms with Gasteiger partial charge >= 0.3 is 0 Å². The van der Waals surface area contributed by atoms with E-state index in [0.29, 0.717) is 12.3 Å². The molecule has 0 unspecified atom stereocenters. The van der Waals surface area contributed by atoms with Gasteiger partial charge in [0.2, 0.25) is 5.96 Å². The molecule has 0 aliphatic rings. The van der Waals surface area contributed by atoms with E-state index in [1.807, 2.05) is 0 Å². The van der Waals surface area contributed by atoms with Crippen molar-refractivity contribution in [1.29, 1.82) is 0 Å². The van der Waals surface area contributed by atoms with Crippen LogP contribution in [0.2, 0.25) is 0 Å². The number of hydrogen-bond donors (Lipinski definition) is 3. The quantitative estimate of drug-likeness (QED) is 0.219. The summed E-state index contributed by atoms with van der Waals surface area (Å²) in [6, 6.07) is 1.70. The molecule has 0 aliphatic heterocycles. The number of rotatable bonds is 2. The summed E-state index contributed by atoms with van der Waals surface area (Å²) in [6.45, 7) is 0.343. The van der Waals surface area contributed by atoms with Crippen LogP contribution in [0.3, 0.4) is 0 Å². The first-order valence-corrected chi connectivity index (χ1v) is 2.99. The van der Waals surface area contributed by atoms with Gasteiger partial charge in [0.1, 0.15) is 6.54 Å². The van der Waals surface area contributed by atoms with Gasteiger partial charge in [-0.15, -0.1) is 0 Å². The van der Waals surface area contributed by atoms with Crippen molar-refractivity contribution < 1.29 is 4.52 Å². The number of aromatic nitrogens is 1. The highest BCUT2D eigenvalue weighted by molar-refractivity contribution is 5.76. The average Bonchev–Trinajstić information content (AvgIpc) is 2.52. The minimum atomic E-state index is 0.168. The molecular weight excluding hydrogens is 146 g/mol. The molecular formula is C5H9N5O. The Labute approximate surface area is 63.2 Å². The molecule has 0 saturated heterocycles. The zero-order chi connectivity index (χ0) is 8.10. The van der Waals surface area contributed by atoms with Crippen LogP contribution in [-0.4, -0.2) is 11.1 Å². The van der Waals surface area contributed by atoms with Crippen LogP contribution in [0.15, 0.2) is 21.8 Å². The first-order chi connectivity index (χ1) is 5.33. The minimum absolute atomic E-state index is 0.168. The molecule has 6 nitrogen and oxygen atoms in total. The van der Waals surface area contributed by atoms with Crippen molar-refractivity contribution in [2.45, 2.75) is 6.54 Å². The maximum absolute atomic E-state index is 5.24. The Balaban J connectivity index is 2.45. The number of guanidine groups is 1. The second-order valence-corrected chi connectivity index (χ2v) is 1.82. The second kappa shape index (κ2) is 3.57. The molecule has 60 valence electrons. The Bertz CT molecular complexity index is 229. The van der Waals surface area contributed by atoms with Gasteiger partial charge in [-0.3, -0.25) is 5.43 Å². The highest BCUT2D eigenvalue weighted by Crippen LogP contribution is 1.97. The fourth-order valence-corrected chi connectivity index (χ4v) is 0.532. The summed E-state index contributed by atoms with van der Waals surface area (Å²) >= 11 is 0. The van der Waals surface area contributed by atoms with E-state index in [4.69, 9.17) is 16.1 Å². The van der Waals surface area contributed by atoms with Crippen LogP contribution >= 0.6 is 0 Å². The topological polar surface area (TPSA) is 102 Å². The first kappa shape index (κ1) is 7.55. The molecule has 1 rings (SSSR count). The SMILES string of the molecule is NNC(N)=NCc1ccno1. The van der Waals surface area contributed by atoms with Crippen LogP contribution in [0.5, 0.6) is 0 Å². The van der Waals surface area contributed by atoms with Crippen LogP contribution in [-0.2, 0) is 6.54 Å². The highest BCUT2D eigenvalue weighted by atomic mass is 16.5. The molecule has 1 aromatic rings. The van der Waals surface area contributed by atoms with Gasteiger partial charge in [-0.1, -0.05) is 5.16 Å². The van der Waals surface area contributed by atoms with Crippen molar-refractivity contribution in [2.24, 2.45) is 16.6 Å². The van der Waals surface area contributed by atoms with E-state index in [9.17, 15) is 0 Å². The van der Waals surface area contributed by atoms with Crippen molar-refractivity contribution in [1.82, 2.24) is 10.6 Å². The number of nitrogens with two attached hydrogens (primary N) is 2. The summed E-state index contributed by atoms with van der Waals surface area (Å²) in [5.41, 5.74) is 7.43. The Hall–Kier alpha value is -1.56. The van der Waals surface area contributed by atoms with Gasteiger partial charge in [0.25, 0.3) is 0 Å². The van der Waals surface area contributed by atoms with E-state index in [1.165, 1.54) is 6.20 Å². The number of hydrogen-bond acceptors (Lipinski definition) is 4. The van der Waals surface area contributed by atoms with Gasteiger partial charge in [-0.05, 0) is 0 Å². The molecule has 0 radical (unpaired) electrons. The monoisotopic (exact) mass is 155 g/mol. The van der Waals surface area contributed by atoms with Crippen molar-refractivity contribution >= 4 is 5.96 Å². The number of hydrazine groups is 1. The van der Waals surface area contributed by atoms with Crippen molar-refractivity contribution in [3.8, 4) is 0 Å². The molecule has 1 aromatic heterocycles. The number of nitrogens with one attached hydrogen (secondary N) is 1. The van der Waals surface area contributed by atoms with Crippen LogP contribution in [0.4, 0.5) is 0 Å². The molecule has 0 spiro atoms. The summed E-state index contributed by atoms with van der Waals surface area (Å²) < 4.78 is 4.75. The van der Waals surface area contributed by atoms with Gasteiger partial charge in [-0.2, -0.15) is 0 Å². The first-order valence-electron chi connectivity index (χ1n) is 2.99. The number of nitrogens with zero attached hydrogens (tertiary/aromatic N) is 2. The van der Waals surface area contributed by atoms with Crippen LogP contribution in [0, 0.1) is 0 Å². The maximum atomic E-state index is 5.24. The molecule has 0 amide bonds. The third-order valence-electron chi connectivity index (χ3n) is 1.04. The molecule has 1 heterocycles. The van der Waals surface area contributed by atoms with E-state index < -0.39 is 0 Å². The predicted octanol–water partition coefficient (Wildman–Crippen LogP) is -1.05. The zero-order valence-corrected chi connectivity index (χ0v) is 5.82. The Morgan fingerprint density at radius 2 is 2.64 bits per heavy atom. The van der Waals surface area contributed by atoms with Crippen LogP contribution in [0.1, 0.15) is 5.76 Å². The highest BCUT2D eigenvalue weighted by Gasteiger charge is 1.93. The predicted molar refractivity (Wildman–Crippen MR) is 39.2 cm³/mol. The standard InChI is InChI=1S/C5H9N5O/c6-5(10-7)8-3-4-1-2-9-11-4/h1-2H,3,7H2,(H3,6,8,10). The molecule has 0 bridgehead atoms. The van der Waals surface area contributed by atoms with Crippen molar-refractivity contribution in [3.05, 3.63) is 18.0 Å². The summed E-state index contributed by atoms with van der Waals surface area (Å²) in [7, 11) is 0. The molecule has 0 fully saturated rings. The fraction of sp³-hybridized carbons (Fsp3) is 0.200. The van der Waals surface area contributed by atoms with Gasteiger partial charge in [0.05, 0.1) is 6.20 Å². The lowest BCUT2D eigenvalue weighted by Crippen LogP contribution is -2.37. The molecule has 0 aliphatic carbocycles. The summed E-state index contributed by atoms with van der Waals surface area (Å²) in [6.07, 6.45) is 1.54. The summed E-state index contributed by atoms with van der Waals surface area (Å²) in [5.74, 6) is 5.77. The van der Waals surface area contributed by atoms with E-state index >= 15 is 0 Å². The lowest BCUT2D eigenvalue weighted by Gasteiger charge is -1.94. The molecule has 6 heteroatoms. The third-order valence-corrected chi connectivity index (χ3v) is 1.04. The van der Waals surface area contributed by atoms with Gasteiger partial charge in [0.15, 0.2) is 5.76 Å². The maximum Gasteiger partial charge on any atom is 0.203 e. The normalized spacial score (nSPS) is 11.5. The van der Waals surface area contributed by atoms with Crippen LogP contribution < -0.4 is 17.0 Å². The zero-order valence-electron chi connectivity index (χ0n) is 5.82. The summed E-state index contributed by atoms with van der Waals surface area (Å²) in [4.78, 5) is 3.81. The van der Waals surface area contributed by atoms with Gasteiger partial charge in [0, 0.05) is 6.07 Å². The second-order valence-electron chi connectivity index (χ2n) is 1.82. The Morgan fingerprint density at radius 1 is 1.82 bits per heavy atom.